The number of nitrogens with zero attached hydrogens (tertiary/aromatic N) is 5. The molecule has 3 aromatic rings. The highest BCUT2D eigenvalue weighted by Gasteiger charge is 2.26. The third-order valence-electron chi connectivity index (χ3n) is 5.85. The van der Waals surface area contributed by atoms with Crippen molar-refractivity contribution >= 4 is 6.08 Å². The number of benzene rings is 2. The van der Waals surface area contributed by atoms with E-state index < -0.39 is 0 Å². The molecule has 1 unspecified atom stereocenters. The molecule has 168 valence electrons. The van der Waals surface area contributed by atoms with Crippen molar-refractivity contribution in [2.75, 3.05) is 39.4 Å². The summed E-state index contributed by atoms with van der Waals surface area (Å²) < 4.78 is 28.0. The Balaban J connectivity index is 1.56. The highest BCUT2D eigenvalue weighted by molar-refractivity contribution is 5.50. The van der Waals surface area contributed by atoms with Gasteiger partial charge in [-0.25, -0.2) is 4.39 Å². The van der Waals surface area contributed by atoms with Crippen LogP contribution < -0.4 is 0 Å². The molecular weight excluding hydrogens is 408 g/mol. The molecule has 0 aliphatic carbocycles. The van der Waals surface area contributed by atoms with Crippen LogP contribution >= 0.6 is 0 Å². The zero-order valence-electron chi connectivity index (χ0n) is 18.2. The average molecular weight is 438 g/mol. The third-order valence-corrected chi connectivity index (χ3v) is 5.85. The highest BCUT2D eigenvalue weighted by Crippen LogP contribution is 2.24. The van der Waals surface area contributed by atoms with Gasteiger partial charge in [-0.2, -0.15) is 0 Å². The molecule has 1 aliphatic rings. The fourth-order valence-electron chi connectivity index (χ4n) is 4.09. The van der Waals surface area contributed by atoms with Crippen LogP contribution in [0.3, 0.4) is 0 Å². The molecule has 2 heterocycles. The Kier molecular flexibility index (Phi) is 7.74. The largest absolute Gasteiger partial charge is 0.311 e. The van der Waals surface area contributed by atoms with Crippen LogP contribution in [0.4, 0.5) is 8.78 Å². The Bertz CT molecular complexity index is 979. The maximum absolute atomic E-state index is 13.3. The van der Waals surface area contributed by atoms with E-state index in [1.54, 1.807) is 18.5 Å². The number of hydrogen-bond acceptors (Lipinski definition) is 4. The minimum Gasteiger partial charge on any atom is -0.311 e. The summed E-state index contributed by atoms with van der Waals surface area (Å²) in [6.45, 7) is 4.74. The predicted octanol–water partition coefficient (Wildman–Crippen LogP) is 4.20. The zero-order valence-corrected chi connectivity index (χ0v) is 18.2. The Morgan fingerprint density at radius 3 is 2.44 bits per heavy atom. The van der Waals surface area contributed by atoms with Crippen molar-refractivity contribution in [2.45, 2.75) is 19.0 Å². The number of rotatable bonds is 9. The van der Waals surface area contributed by atoms with Gasteiger partial charge in [-0.15, -0.1) is 10.2 Å². The van der Waals surface area contributed by atoms with Gasteiger partial charge < -0.3 is 9.47 Å². The number of aromatic nitrogens is 3. The molecule has 2 aromatic carbocycles. The Labute approximate surface area is 188 Å². The number of hydrogen-bond donors (Lipinski definition) is 0. The van der Waals surface area contributed by atoms with Crippen LogP contribution in [0.15, 0.2) is 67.0 Å². The number of piperazine rings is 1. The lowest BCUT2D eigenvalue weighted by atomic mass is 10.1. The van der Waals surface area contributed by atoms with Gasteiger partial charge in [0, 0.05) is 32.7 Å². The summed E-state index contributed by atoms with van der Waals surface area (Å²) in [6.07, 6.45) is 6.49. The predicted molar refractivity (Wildman–Crippen MR) is 122 cm³/mol. The Morgan fingerprint density at radius 1 is 0.969 bits per heavy atom. The van der Waals surface area contributed by atoms with Crippen molar-refractivity contribution < 1.29 is 8.78 Å². The van der Waals surface area contributed by atoms with Crippen molar-refractivity contribution in [3.8, 4) is 0 Å². The summed E-state index contributed by atoms with van der Waals surface area (Å²) in [5, 5.41) is 8.69. The Morgan fingerprint density at radius 2 is 1.72 bits per heavy atom. The molecule has 1 aliphatic heterocycles. The SMILES string of the molecule is FCCCN1CCN(C(C=Cc2ccc(F)cc2)c2nncn2Cc2ccccc2)CC1. The summed E-state index contributed by atoms with van der Waals surface area (Å²) in [4.78, 5) is 4.70. The minimum atomic E-state index is -0.272. The van der Waals surface area contributed by atoms with E-state index in [2.05, 4.69) is 42.8 Å². The fraction of sp³-hybridized carbons (Fsp3) is 0.360. The van der Waals surface area contributed by atoms with Crippen LogP contribution in [0.25, 0.3) is 6.08 Å². The van der Waals surface area contributed by atoms with Gasteiger partial charge in [0.05, 0.1) is 19.3 Å². The lowest BCUT2D eigenvalue weighted by Gasteiger charge is -2.38. The maximum atomic E-state index is 13.3. The van der Waals surface area contributed by atoms with Gasteiger partial charge in [0.2, 0.25) is 0 Å². The smallest absolute Gasteiger partial charge is 0.154 e. The second kappa shape index (κ2) is 11.1. The molecule has 0 spiro atoms. The summed E-state index contributed by atoms with van der Waals surface area (Å²) >= 11 is 0. The quantitative estimate of drug-likeness (QED) is 0.503. The molecule has 0 bridgehead atoms. The first-order valence-electron chi connectivity index (χ1n) is 11.1. The molecule has 5 nitrogen and oxygen atoms in total. The second-order valence-electron chi connectivity index (χ2n) is 8.08. The van der Waals surface area contributed by atoms with Gasteiger partial charge in [-0.3, -0.25) is 9.29 Å². The minimum absolute atomic E-state index is 0.0606. The van der Waals surface area contributed by atoms with Gasteiger partial charge in [-0.05, 0) is 29.7 Å². The Hall–Kier alpha value is -2.90. The molecule has 1 fully saturated rings. The highest BCUT2D eigenvalue weighted by atomic mass is 19.1. The van der Waals surface area contributed by atoms with Crippen LogP contribution in [0, 0.1) is 5.82 Å². The van der Waals surface area contributed by atoms with E-state index in [9.17, 15) is 8.78 Å². The van der Waals surface area contributed by atoms with Gasteiger partial charge >= 0.3 is 0 Å². The molecule has 0 saturated carbocycles. The molecule has 4 rings (SSSR count). The lowest BCUT2D eigenvalue weighted by molar-refractivity contribution is 0.106. The van der Waals surface area contributed by atoms with E-state index in [0.717, 1.165) is 44.1 Å². The van der Waals surface area contributed by atoms with E-state index in [0.29, 0.717) is 13.0 Å². The van der Waals surface area contributed by atoms with Crippen LogP contribution in [0.1, 0.15) is 29.4 Å². The molecule has 1 atom stereocenters. The van der Waals surface area contributed by atoms with Gasteiger partial charge in [0.1, 0.15) is 12.1 Å². The van der Waals surface area contributed by atoms with Crippen molar-refractivity contribution in [1.82, 2.24) is 24.6 Å². The van der Waals surface area contributed by atoms with E-state index in [-0.39, 0.29) is 18.5 Å². The summed E-state index contributed by atoms with van der Waals surface area (Å²) in [5.74, 6) is 0.634. The zero-order chi connectivity index (χ0) is 22.2. The summed E-state index contributed by atoms with van der Waals surface area (Å²) in [6, 6.07) is 16.7. The standard InChI is InChI=1S/C25H29F2N5/c26-13-4-14-30-15-17-31(18-16-30)24(12-9-21-7-10-23(27)11-8-21)25-29-28-20-32(25)19-22-5-2-1-3-6-22/h1-3,5-12,20,24H,4,13-19H2. The first kappa shape index (κ1) is 22.3. The lowest BCUT2D eigenvalue weighted by Crippen LogP contribution is -2.48. The number of halogens is 2. The van der Waals surface area contributed by atoms with Crippen LogP contribution in [-0.4, -0.2) is 64.0 Å². The molecule has 7 heteroatoms. The molecule has 32 heavy (non-hydrogen) atoms. The van der Waals surface area contributed by atoms with E-state index >= 15 is 0 Å². The van der Waals surface area contributed by atoms with E-state index in [4.69, 9.17) is 0 Å². The first-order valence-corrected chi connectivity index (χ1v) is 11.1. The van der Waals surface area contributed by atoms with Crippen LogP contribution in [-0.2, 0) is 6.54 Å². The van der Waals surface area contributed by atoms with Gasteiger partial charge in [0.15, 0.2) is 5.82 Å². The molecular formula is C25H29F2N5. The fourth-order valence-corrected chi connectivity index (χ4v) is 4.09. The van der Waals surface area contributed by atoms with Gasteiger partial charge in [-0.1, -0.05) is 54.6 Å². The van der Waals surface area contributed by atoms with Gasteiger partial charge in [0.25, 0.3) is 0 Å². The topological polar surface area (TPSA) is 37.2 Å². The van der Waals surface area contributed by atoms with Crippen molar-refractivity contribution in [3.05, 3.63) is 89.8 Å². The molecule has 1 saturated heterocycles. The van der Waals surface area contributed by atoms with Crippen molar-refractivity contribution in [3.63, 3.8) is 0 Å². The summed E-state index contributed by atoms with van der Waals surface area (Å²) in [5.41, 5.74) is 2.12. The maximum Gasteiger partial charge on any atom is 0.154 e. The summed E-state index contributed by atoms with van der Waals surface area (Å²) in [7, 11) is 0. The third kappa shape index (κ3) is 5.87. The molecule has 0 N–H and O–H groups in total. The number of alkyl halides is 1. The van der Waals surface area contributed by atoms with Crippen molar-refractivity contribution in [2.24, 2.45) is 0 Å². The van der Waals surface area contributed by atoms with Crippen molar-refractivity contribution in [1.29, 1.82) is 0 Å². The van der Waals surface area contributed by atoms with E-state index in [1.807, 2.05) is 24.3 Å². The second-order valence-corrected chi connectivity index (χ2v) is 8.08. The molecule has 0 radical (unpaired) electrons. The van der Waals surface area contributed by atoms with Crippen LogP contribution in [0.5, 0.6) is 0 Å². The van der Waals surface area contributed by atoms with Crippen LogP contribution in [0.2, 0.25) is 0 Å². The molecule has 0 amide bonds. The monoisotopic (exact) mass is 437 g/mol. The normalized spacial score (nSPS) is 16.6. The van der Waals surface area contributed by atoms with E-state index in [1.165, 1.54) is 17.7 Å². The average Bonchev–Trinajstić information content (AvgIpc) is 3.28. The first-order chi connectivity index (χ1) is 15.7. The molecule has 1 aromatic heterocycles.